The Bertz CT molecular complexity index is 367. The summed E-state index contributed by atoms with van der Waals surface area (Å²) in [5, 5.41) is 0.281. The Labute approximate surface area is 176 Å². The van der Waals surface area contributed by atoms with Gasteiger partial charge in [-0.1, -0.05) is 0 Å². The van der Waals surface area contributed by atoms with E-state index < -0.39 is 26.7 Å². The van der Waals surface area contributed by atoms with Crippen molar-refractivity contribution in [3.8, 4) is 0 Å². The number of hydrogen-bond donors (Lipinski definition) is 0. The van der Waals surface area contributed by atoms with Gasteiger partial charge >= 0.3 is 177 Å². The fourth-order valence-electron chi connectivity index (χ4n) is 3.20. The van der Waals surface area contributed by atoms with Crippen molar-refractivity contribution in [2.45, 2.75) is 112 Å². The first-order chi connectivity index (χ1) is 12.6. The molecule has 0 aromatic carbocycles. The van der Waals surface area contributed by atoms with Crippen molar-refractivity contribution in [2.24, 2.45) is 0 Å². The van der Waals surface area contributed by atoms with Gasteiger partial charge in [-0.2, -0.15) is 0 Å². The van der Waals surface area contributed by atoms with Gasteiger partial charge in [0.1, 0.15) is 0 Å². The molecule has 0 saturated carbocycles. The number of unbranched alkanes of at least 4 members (excludes halogenated alkanes) is 3. The van der Waals surface area contributed by atoms with Crippen LogP contribution in [0.4, 0.5) is 0 Å². The molecule has 0 aliphatic carbocycles. The molecular formula is C23H50O2SiSn. The van der Waals surface area contributed by atoms with Crippen molar-refractivity contribution >= 4 is 26.7 Å². The van der Waals surface area contributed by atoms with Gasteiger partial charge in [0.15, 0.2) is 0 Å². The van der Waals surface area contributed by atoms with Crippen molar-refractivity contribution in [1.82, 2.24) is 0 Å². The zero-order chi connectivity index (χ0) is 20.8. The number of rotatable bonds is 16. The molecule has 4 heteroatoms. The van der Waals surface area contributed by atoms with Gasteiger partial charge in [0, 0.05) is 0 Å². The molecule has 0 fully saturated rings. The summed E-state index contributed by atoms with van der Waals surface area (Å²) in [5.41, 5.74) is 0. The first kappa shape index (κ1) is 27.7. The molecule has 0 N–H and O–H groups in total. The van der Waals surface area contributed by atoms with Crippen LogP contribution in [-0.4, -0.2) is 44.5 Å². The number of ether oxygens (including phenoxy) is 1. The summed E-state index contributed by atoms with van der Waals surface area (Å²) in [4.78, 5) is 0. The number of hydrogen-bond acceptors (Lipinski definition) is 2. The van der Waals surface area contributed by atoms with Crippen LogP contribution >= 0.6 is 0 Å². The zero-order valence-electron chi connectivity index (χ0n) is 20.0. The van der Waals surface area contributed by atoms with Gasteiger partial charge in [-0.3, -0.25) is 0 Å². The third-order valence-electron chi connectivity index (χ3n) is 6.32. The average Bonchev–Trinajstić information content (AvgIpc) is 2.60. The van der Waals surface area contributed by atoms with E-state index in [0.717, 1.165) is 17.8 Å². The van der Waals surface area contributed by atoms with E-state index in [4.69, 9.17) is 9.16 Å². The third-order valence-corrected chi connectivity index (χ3v) is 25.3. The molecule has 0 radical (unpaired) electrons. The molecule has 0 saturated heterocycles. The van der Waals surface area contributed by atoms with E-state index in [1.807, 2.05) is 0 Å². The predicted octanol–water partition coefficient (Wildman–Crippen LogP) is 7.97. The SMILES string of the molecule is CCC[CH2][Sn]([CH2]CCC)([CH2]CCC)[CH2]OC/C=C\CO[Si](C)(C)C(C)(C)C. The zero-order valence-corrected chi connectivity index (χ0v) is 23.8. The van der Waals surface area contributed by atoms with Gasteiger partial charge in [-0.25, -0.2) is 0 Å². The summed E-state index contributed by atoms with van der Waals surface area (Å²) in [6.07, 6.45) is 12.6. The minimum absolute atomic E-state index is 0.281. The summed E-state index contributed by atoms with van der Waals surface area (Å²) in [6, 6.07) is 0. The van der Waals surface area contributed by atoms with Crippen molar-refractivity contribution in [1.29, 1.82) is 0 Å². The van der Waals surface area contributed by atoms with E-state index in [2.05, 4.69) is 66.8 Å². The molecule has 162 valence electrons. The fraction of sp³-hybridized carbons (Fsp3) is 0.913. The topological polar surface area (TPSA) is 18.5 Å². The van der Waals surface area contributed by atoms with E-state index >= 15 is 0 Å². The molecule has 27 heavy (non-hydrogen) atoms. The van der Waals surface area contributed by atoms with Crippen LogP contribution in [0.15, 0.2) is 12.2 Å². The first-order valence-electron chi connectivity index (χ1n) is 11.5. The standard InChI is InChI=1S/C11H23O2Si.3C4H9.Sn/c1-11(2,3)14(5,6)13-10-8-7-9-12-4;3*1-3-4-2;/h7-8H,4,9-10H2,1-3,5-6H3;3*1,3-4H2,2H3;/b8-7-;;;;. The van der Waals surface area contributed by atoms with E-state index in [0.29, 0.717) is 0 Å². The van der Waals surface area contributed by atoms with Crippen LogP contribution in [0.25, 0.3) is 0 Å². The molecular weight excluding hydrogens is 455 g/mol. The molecule has 0 amide bonds. The Balaban J connectivity index is 4.48. The van der Waals surface area contributed by atoms with Crippen molar-refractivity contribution in [3.05, 3.63) is 12.2 Å². The summed E-state index contributed by atoms with van der Waals surface area (Å²) in [6.45, 7) is 20.0. The van der Waals surface area contributed by atoms with Crippen molar-refractivity contribution in [2.75, 3.05) is 17.8 Å². The first-order valence-corrected chi connectivity index (χ1v) is 22.5. The summed E-state index contributed by atoms with van der Waals surface area (Å²) < 4.78 is 18.2. The Morgan fingerprint density at radius 3 is 1.63 bits per heavy atom. The Morgan fingerprint density at radius 2 is 1.22 bits per heavy atom. The Kier molecular flexibility index (Phi) is 15.0. The molecule has 0 rings (SSSR count). The second kappa shape index (κ2) is 14.6. The molecule has 0 aromatic heterocycles. The summed E-state index contributed by atoms with van der Waals surface area (Å²) in [7, 11) is -1.63. The molecule has 0 aromatic rings. The van der Waals surface area contributed by atoms with Crippen LogP contribution in [-0.2, 0) is 9.16 Å². The van der Waals surface area contributed by atoms with E-state index in [1.54, 1.807) is 0 Å². The van der Waals surface area contributed by atoms with Crippen molar-refractivity contribution < 1.29 is 9.16 Å². The van der Waals surface area contributed by atoms with E-state index in [1.165, 1.54) is 51.8 Å². The normalized spacial score (nSPS) is 13.6. The monoisotopic (exact) mass is 506 g/mol. The van der Waals surface area contributed by atoms with Crippen LogP contribution in [0.3, 0.4) is 0 Å². The van der Waals surface area contributed by atoms with Crippen LogP contribution in [0.5, 0.6) is 0 Å². The van der Waals surface area contributed by atoms with Gasteiger partial charge in [0.05, 0.1) is 0 Å². The van der Waals surface area contributed by atoms with Crippen molar-refractivity contribution in [3.63, 3.8) is 0 Å². The summed E-state index contributed by atoms with van der Waals surface area (Å²) in [5.74, 6) is 0. The Morgan fingerprint density at radius 1 is 0.778 bits per heavy atom. The van der Waals surface area contributed by atoms with Gasteiger partial charge < -0.3 is 0 Å². The second-order valence-electron chi connectivity index (χ2n) is 9.87. The molecule has 0 unspecified atom stereocenters. The molecule has 0 atom stereocenters. The fourth-order valence-corrected chi connectivity index (χ4v) is 18.5. The molecule has 0 bridgehead atoms. The van der Waals surface area contributed by atoms with Gasteiger partial charge in [-0.05, 0) is 0 Å². The predicted molar refractivity (Wildman–Crippen MR) is 128 cm³/mol. The molecule has 0 spiro atoms. The second-order valence-corrected chi connectivity index (χ2v) is 28.3. The van der Waals surface area contributed by atoms with Crippen LogP contribution in [0.2, 0.25) is 31.4 Å². The minimum atomic E-state index is -2.11. The molecule has 0 heterocycles. The maximum atomic E-state index is 6.25. The Hall–Kier alpha value is 0.676. The van der Waals surface area contributed by atoms with Gasteiger partial charge in [0.25, 0.3) is 0 Å². The van der Waals surface area contributed by atoms with Gasteiger partial charge in [-0.15, -0.1) is 0 Å². The van der Waals surface area contributed by atoms with Crippen LogP contribution < -0.4 is 0 Å². The third kappa shape index (κ3) is 12.1. The quantitative estimate of drug-likeness (QED) is 0.120. The van der Waals surface area contributed by atoms with Gasteiger partial charge in [0.2, 0.25) is 0 Å². The van der Waals surface area contributed by atoms with Crippen LogP contribution in [0, 0.1) is 0 Å². The summed E-state index contributed by atoms with van der Waals surface area (Å²) >= 11 is -2.11. The van der Waals surface area contributed by atoms with Crippen LogP contribution in [0.1, 0.15) is 80.1 Å². The average molecular weight is 505 g/mol. The molecule has 0 aliphatic rings. The molecule has 2 nitrogen and oxygen atoms in total. The molecule has 0 aliphatic heterocycles. The maximum absolute atomic E-state index is 6.25. The van der Waals surface area contributed by atoms with E-state index in [9.17, 15) is 0 Å². The van der Waals surface area contributed by atoms with E-state index in [-0.39, 0.29) is 5.04 Å².